The maximum Gasteiger partial charge on any atom is 0.416 e. The van der Waals surface area contributed by atoms with Crippen LogP contribution in [0.25, 0.3) is 0 Å². The zero-order valence-corrected chi connectivity index (χ0v) is 29.3. The van der Waals surface area contributed by atoms with Crippen LogP contribution in [-0.4, -0.2) is 79.2 Å². The highest BCUT2D eigenvalue weighted by Crippen LogP contribution is 2.49. The lowest BCUT2D eigenvalue weighted by Crippen LogP contribution is -2.46. The van der Waals surface area contributed by atoms with Gasteiger partial charge in [-0.25, -0.2) is 0 Å². The van der Waals surface area contributed by atoms with Gasteiger partial charge >= 0.3 is 12.1 Å². The molecule has 3 heterocycles. The topological polar surface area (TPSA) is 73.3 Å². The fourth-order valence-electron chi connectivity index (χ4n) is 9.28. The molecule has 268 valence electrons. The fourth-order valence-corrected chi connectivity index (χ4v) is 9.28. The maximum absolute atomic E-state index is 14.9. The lowest BCUT2D eigenvalue weighted by Gasteiger charge is -2.36. The molecule has 0 unspecified atom stereocenters. The zero-order valence-electron chi connectivity index (χ0n) is 29.3. The molecule has 49 heavy (non-hydrogen) atoms. The van der Waals surface area contributed by atoms with E-state index in [4.69, 9.17) is 4.74 Å². The van der Waals surface area contributed by atoms with Gasteiger partial charge in [0.25, 0.3) is 0 Å². The molecule has 4 aliphatic rings. The number of benzene rings is 2. The number of hydrogen-bond acceptors (Lipinski definition) is 5. The molecule has 6 rings (SSSR count). The van der Waals surface area contributed by atoms with Crippen LogP contribution in [0.1, 0.15) is 94.2 Å². The number of piperidine rings is 1. The minimum atomic E-state index is -4.50. The second-order valence-corrected chi connectivity index (χ2v) is 15.4. The number of rotatable bonds is 8. The summed E-state index contributed by atoms with van der Waals surface area (Å²) in [5, 5.41) is 9.53. The van der Waals surface area contributed by atoms with Gasteiger partial charge in [-0.15, -0.1) is 0 Å². The summed E-state index contributed by atoms with van der Waals surface area (Å²) in [7, 11) is 1.65. The highest BCUT2D eigenvalue weighted by molar-refractivity contribution is 5.85. The van der Waals surface area contributed by atoms with E-state index in [1.54, 1.807) is 13.2 Å². The summed E-state index contributed by atoms with van der Waals surface area (Å²) in [6.45, 7) is 9.82. The summed E-state index contributed by atoms with van der Waals surface area (Å²) in [4.78, 5) is 33.0. The molecule has 3 aliphatic heterocycles. The average Bonchev–Trinajstić information content (AvgIpc) is 3.69. The maximum atomic E-state index is 14.9. The second kappa shape index (κ2) is 14.2. The molecule has 0 spiro atoms. The van der Waals surface area contributed by atoms with Crippen molar-refractivity contribution in [1.82, 2.24) is 9.80 Å². The Morgan fingerprint density at radius 3 is 2.22 bits per heavy atom. The Hall–Kier alpha value is -3.27. The second-order valence-electron chi connectivity index (χ2n) is 15.4. The Balaban J connectivity index is 1.29. The SMILES string of the molecule is CC[C@H]1CN(C(=O)[C@]2(C)CN([C@H]3CC[C@H](C)CC3)C[C@H]2c2ccc(OC)cc2)C[C@@H]1c1ccc(C(F)(F)F)cc1N1CCC(C(=O)O)CC1. The largest absolute Gasteiger partial charge is 0.497 e. The summed E-state index contributed by atoms with van der Waals surface area (Å²) in [6.07, 6.45) is 1.77. The summed E-state index contributed by atoms with van der Waals surface area (Å²) >= 11 is 0. The van der Waals surface area contributed by atoms with Crippen LogP contribution in [0.15, 0.2) is 42.5 Å². The van der Waals surface area contributed by atoms with Crippen LogP contribution < -0.4 is 9.64 Å². The first-order valence-corrected chi connectivity index (χ1v) is 18.2. The number of nitrogens with zero attached hydrogens (tertiary/aromatic N) is 3. The number of methoxy groups -OCH3 is 1. The quantitative estimate of drug-likeness (QED) is 0.308. The molecule has 0 aromatic heterocycles. The van der Waals surface area contributed by atoms with Gasteiger partial charge < -0.3 is 19.6 Å². The van der Waals surface area contributed by atoms with E-state index in [1.165, 1.54) is 25.0 Å². The third-order valence-corrected chi connectivity index (χ3v) is 12.4. The number of carbonyl (C=O) groups is 2. The van der Waals surface area contributed by atoms with E-state index in [0.29, 0.717) is 57.3 Å². The van der Waals surface area contributed by atoms with Gasteiger partial charge in [-0.3, -0.25) is 14.5 Å². The van der Waals surface area contributed by atoms with Crippen LogP contribution in [0.5, 0.6) is 5.75 Å². The molecule has 4 fully saturated rings. The number of likely N-dealkylation sites (tertiary alicyclic amines) is 2. The van der Waals surface area contributed by atoms with Crippen LogP contribution in [0, 0.1) is 23.2 Å². The van der Waals surface area contributed by atoms with E-state index in [0.717, 1.165) is 48.6 Å². The molecule has 10 heteroatoms. The number of carbonyl (C=O) groups excluding carboxylic acids is 1. The number of carboxylic acid groups (broad SMARTS) is 1. The van der Waals surface area contributed by atoms with Gasteiger partial charge in [-0.2, -0.15) is 13.2 Å². The highest BCUT2D eigenvalue weighted by atomic mass is 19.4. The number of aliphatic carboxylic acids is 1. The number of hydrogen-bond donors (Lipinski definition) is 1. The van der Waals surface area contributed by atoms with Gasteiger partial charge in [0.05, 0.1) is 24.0 Å². The Labute approximate surface area is 288 Å². The lowest BCUT2D eigenvalue weighted by atomic mass is 9.75. The average molecular weight is 684 g/mol. The summed E-state index contributed by atoms with van der Waals surface area (Å²) in [5.74, 6) is 0.259. The number of ether oxygens (including phenoxy) is 1. The van der Waals surface area contributed by atoms with Gasteiger partial charge in [0.1, 0.15) is 5.75 Å². The minimum absolute atomic E-state index is 0.00143. The Morgan fingerprint density at radius 2 is 1.63 bits per heavy atom. The van der Waals surface area contributed by atoms with E-state index >= 15 is 0 Å². The number of carboxylic acids is 1. The molecular formula is C39H52F3N3O4. The normalized spacial score (nSPS) is 30.1. The molecule has 4 atom stereocenters. The number of anilines is 1. The first-order chi connectivity index (χ1) is 23.3. The van der Waals surface area contributed by atoms with Crippen LogP contribution in [0.4, 0.5) is 18.9 Å². The molecule has 1 saturated carbocycles. The minimum Gasteiger partial charge on any atom is -0.497 e. The number of alkyl halides is 3. The van der Waals surface area contributed by atoms with Crippen molar-refractivity contribution in [3.05, 3.63) is 59.2 Å². The van der Waals surface area contributed by atoms with Crippen LogP contribution in [0.2, 0.25) is 0 Å². The predicted octanol–water partition coefficient (Wildman–Crippen LogP) is 7.65. The van der Waals surface area contributed by atoms with E-state index in [-0.39, 0.29) is 23.7 Å². The van der Waals surface area contributed by atoms with Gasteiger partial charge in [0.15, 0.2) is 0 Å². The Bertz CT molecular complexity index is 1480. The van der Waals surface area contributed by atoms with E-state index in [2.05, 4.69) is 37.8 Å². The van der Waals surface area contributed by atoms with Crippen molar-refractivity contribution in [3.63, 3.8) is 0 Å². The van der Waals surface area contributed by atoms with E-state index < -0.39 is 29.0 Å². The van der Waals surface area contributed by atoms with Crippen molar-refractivity contribution in [3.8, 4) is 5.75 Å². The summed E-state index contributed by atoms with van der Waals surface area (Å²) < 4.78 is 47.4. The molecule has 3 saturated heterocycles. The molecule has 1 N–H and O–H groups in total. The van der Waals surface area contributed by atoms with Crippen molar-refractivity contribution >= 4 is 17.6 Å². The van der Waals surface area contributed by atoms with E-state index in [9.17, 15) is 27.9 Å². The van der Waals surface area contributed by atoms with Crippen molar-refractivity contribution in [2.45, 2.75) is 89.8 Å². The fraction of sp³-hybridized carbons (Fsp3) is 0.641. The van der Waals surface area contributed by atoms with E-state index in [1.807, 2.05) is 21.9 Å². The van der Waals surface area contributed by atoms with Crippen LogP contribution in [-0.2, 0) is 15.8 Å². The number of halogens is 3. The molecule has 0 bridgehead atoms. The Morgan fingerprint density at radius 1 is 0.959 bits per heavy atom. The predicted molar refractivity (Wildman–Crippen MR) is 184 cm³/mol. The van der Waals surface area contributed by atoms with Crippen LogP contribution in [0.3, 0.4) is 0 Å². The van der Waals surface area contributed by atoms with Gasteiger partial charge in [-0.1, -0.05) is 38.5 Å². The molecule has 0 radical (unpaired) electrons. The van der Waals surface area contributed by atoms with Crippen molar-refractivity contribution in [2.75, 3.05) is 51.3 Å². The van der Waals surface area contributed by atoms with Crippen molar-refractivity contribution in [1.29, 1.82) is 0 Å². The third-order valence-electron chi connectivity index (χ3n) is 12.4. The number of amides is 1. The summed E-state index contributed by atoms with van der Waals surface area (Å²) in [5.41, 5.74) is 1.11. The Kier molecular flexibility index (Phi) is 10.3. The zero-order chi connectivity index (χ0) is 35.1. The standard InChI is InChI=1S/C39H52F3N3O4/c1-5-26-21-44(22-33(26)32-15-10-29(39(40,41)42)20-35(32)43-18-16-28(17-19-43)36(46)47)37(48)38(3)24-45(30-11-6-25(2)7-12-30)23-34(38)27-8-13-31(49-4)14-9-27/h8-10,13-15,20,25-26,28,30,33-34H,5-7,11-12,16-19,21-24H2,1-4H3,(H,46,47)/t25-,26-,30-,33-,34-,38+/m0/s1. The third kappa shape index (κ3) is 7.17. The van der Waals surface area contributed by atoms with Gasteiger partial charge in [0.2, 0.25) is 5.91 Å². The van der Waals surface area contributed by atoms with Gasteiger partial charge in [0, 0.05) is 62.8 Å². The van der Waals surface area contributed by atoms with Crippen molar-refractivity contribution < 1.29 is 32.6 Å². The molecule has 2 aromatic carbocycles. The van der Waals surface area contributed by atoms with Crippen LogP contribution >= 0.6 is 0 Å². The molecule has 1 aliphatic carbocycles. The molecular weight excluding hydrogens is 631 g/mol. The lowest BCUT2D eigenvalue weighted by molar-refractivity contribution is -0.142. The monoisotopic (exact) mass is 683 g/mol. The van der Waals surface area contributed by atoms with Crippen molar-refractivity contribution in [2.24, 2.45) is 23.2 Å². The highest BCUT2D eigenvalue weighted by Gasteiger charge is 2.53. The molecule has 2 aromatic rings. The van der Waals surface area contributed by atoms with Gasteiger partial charge in [-0.05, 0) is 92.7 Å². The first-order valence-electron chi connectivity index (χ1n) is 18.2. The molecule has 7 nitrogen and oxygen atoms in total. The smallest absolute Gasteiger partial charge is 0.416 e. The molecule has 1 amide bonds. The summed E-state index contributed by atoms with van der Waals surface area (Å²) in [6, 6.07) is 12.6. The first kappa shape index (κ1) is 35.6.